The molecule has 2 nitrogen and oxygen atoms in total. The van der Waals surface area contributed by atoms with Gasteiger partial charge in [-0.3, -0.25) is 4.79 Å². The zero-order valence-corrected chi connectivity index (χ0v) is 22.3. The highest BCUT2D eigenvalue weighted by atomic mass is 35.5. The monoisotopic (exact) mass is 591 g/mol. The molecule has 0 heterocycles. The average molecular weight is 593 g/mol. The Kier molecular flexibility index (Phi) is 10.5. The second-order valence-electron chi connectivity index (χ2n) is 8.28. The van der Waals surface area contributed by atoms with E-state index in [1.807, 2.05) is 0 Å². The van der Waals surface area contributed by atoms with E-state index in [0.717, 1.165) is 6.08 Å². The van der Waals surface area contributed by atoms with Crippen LogP contribution < -0.4 is 5.32 Å². The molecule has 0 radical (unpaired) electrons. The Balaban J connectivity index is 2.24. The fourth-order valence-corrected chi connectivity index (χ4v) is 4.69. The molecule has 0 bridgehead atoms. The van der Waals surface area contributed by atoms with Crippen LogP contribution in [-0.2, 0) is 0 Å². The number of hydrogen-bond donors (Lipinski definition) is 1. The number of halogens is 9. The molecule has 0 aliphatic carbocycles. The molecule has 1 amide bonds. The van der Waals surface area contributed by atoms with Gasteiger partial charge in [0.2, 0.25) is 0 Å². The summed E-state index contributed by atoms with van der Waals surface area (Å²) in [5.74, 6) is -7.60. The first kappa shape index (κ1) is 30.7. The van der Waals surface area contributed by atoms with E-state index < -0.39 is 41.5 Å². The number of allylic oxidation sites excluding steroid dienone is 1. The zero-order chi connectivity index (χ0) is 27.4. The van der Waals surface area contributed by atoms with Crippen LogP contribution in [0.5, 0.6) is 0 Å². The lowest BCUT2D eigenvalue weighted by molar-refractivity contribution is -0.105. The largest absolute Gasteiger partial charge is 0.397 e. The molecule has 0 fully saturated rings. The molecule has 1 N–H and O–H groups in total. The predicted molar refractivity (Wildman–Crippen MR) is 135 cm³/mol. The van der Waals surface area contributed by atoms with Crippen LogP contribution in [0.3, 0.4) is 0 Å². The fraction of sp³-hybridized carbons (Fsp3) is 0.375. The van der Waals surface area contributed by atoms with E-state index in [9.17, 15) is 26.7 Å². The maximum atomic E-state index is 15.1. The van der Waals surface area contributed by atoms with Crippen LogP contribution in [0.4, 0.5) is 26.3 Å². The lowest BCUT2D eigenvalue weighted by atomic mass is 9.91. The minimum atomic E-state index is -4.30. The standard InChI is InChI=1S/C24H22Cl3F6NOS/c1-12-6-14(4-5-16(12)22(35)34-13(2)10-36-11-24(31,32)33)20(28)9-17(23(3,29)30)15-7-18(25)21(27)19(26)8-15/h4-9,13,17H,10-11H2,1-3H3,(H,34,35)/b20-9-/t13-,17?/m1/s1. The summed E-state index contributed by atoms with van der Waals surface area (Å²) in [4.78, 5) is 12.5. The van der Waals surface area contributed by atoms with Crippen LogP contribution in [0.25, 0.3) is 5.83 Å². The molecule has 0 aliphatic rings. The van der Waals surface area contributed by atoms with E-state index in [4.69, 9.17) is 34.8 Å². The van der Waals surface area contributed by atoms with E-state index >= 15 is 4.39 Å². The molecule has 12 heteroatoms. The van der Waals surface area contributed by atoms with Gasteiger partial charge in [0.15, 0.2) is 0 Å². The maximum Gasteiger partial charge on any atom is 0.397 e. The van der Waals surface area contributed by atoms with Crippen molar-refractivity contribution in [3.8, 4) is 0 Å². The number of thioether (sulfide) groups is 1. The van der Waals surface area contributed by atoms with E-state index in [-0.39, 0.29) is 37.5 Å². The second-order valence-corrected chi connectivity index (χ2v) is 10.5. The normalized spacial score (nSPS) is 14.5. The van der Waals surface area contributed by atoms with Crippen LogP contribution in [-0.4, -0.2) is 35.6 Å². The highest BCUT2D eigenvalue weighted by Gasteiger charge is 2.35. The first-order chi connectivity index (χ1) is 16.5. The summed E-state index contributed by atoms with van der Waals surface area (Å²) < 4.78 is 80.7. The first-order valence-electron chi connectivity index (χ1n) is 10.5. The van der Waals surface area contributed by atoms with Gasteiger partial charge in [-0.1, -0.05) is 40.9 Å². The molecule has 0 aliphatic heterocycles. The van der Waals surface area contributed by atoms with Crippen molar-refractivity contribution in [2.75, 3.05) is 11.5 Å². The van der Waals surface area contributed by atoms with Crippen molar-refractivity contribution in [1.82, 2.24) is 5.32 Å². The Bertz CT molecular complexity index is 1110. The van der Waals surface area contributed by atoms with E-state index in [2.05, 4.69) is 5.32 Å². The summed E-state index contributed by atoms with van der Waals surface area (Å²) >= 11 is 18.4. The second kappa shape index (κ2) is 12.3. The summed E-state index contributed by atoms with van der Waals surface area (Å²) in [5.41, 5.74) is 0.439. The van der Waals surface area contributed by atoms with Crippen molar-refractivity contribution < 1.29 is 31.1 Å². The lowest BCUT2D eigenvalue weighted by Gasteiger charge is -2.22. The van der Waals surface area contributed by atoms with Gasteiger partial charge in [0.05, 0.1) is 26.7 Å². The summed E-state index contributed by atoms with van der Waals surface area (Å²) in [5, 5.41) is 2.47. The van der Waals surface area contributed by atoms with E-state index in [1.54, 1.807) is 6.92 Å². The molecule has 2 rings (SSSR count). The Labute approximate surface area is 224 Å². The summed E-state index contributed by atoms with van der Waals surface area (Å²) in [7, 11) is 0. The molecule has 2 atom stereocenters. The third-order valence-electron chi connectivity index (χ3n) is 4.98. The highest BCUT2D eigenvalue weighted by Crippen LogP contribution is 2.41. The first-order valence-corrected chi connectivity index (χ1v) is 12.7. The molecule has 2 aromatic rings. The highest BCUT2D eigenvalue weighted by molar-refractivity contribution is 7.99. The van der Waals surface area contributed by atoms with Gasteiger partial charge in [0, 0.05) is 29.8 Å². The van der Waals surface area contributed by atoms with Crippen molar-refractivity contribution in [3.05, 3.63) is 73.7 Å². The van der Waals surface area contributed by atoms with Gasteiger partial charge in [-0.05, 0) is 55.3 Å². The van der Waals surface area contributed by atoms with Crippen molar-refractivity contribution in [1.29, 1.82) is 0 Å². The number of hydrogen-bond acceptors (Lipinski definition) is 2. The Morgan fingerprint density at radius 1 is 1.08 bits per heavy atom. The quantitative estimate of drug-likeness (QED) is 0.232. The summed E-state index contributed by atoms with van der Waals surface area (Å²) in [6, 6.07) is 5.72. The maximum absolute atomic E-state index is 15.1. The minimum absolute atomic E-state index is 0.0116. The molecule has 2 aromatic carbocycles. The number of carbonyl (C=O) groups excluding carboxylic acids is 1. The third kappa shape index (κ3) is 8.78. The van der Waals surface area contributed by atoms with Crippen LogP contribution in [0.15, 0.2) is 36.4 Å². The topological polar surface area (TPSA) is 29.1 Å². The molecule has 0 aromatic heterocycles. The zero-order valence-electron chi connectivity index (χ0n) is 19.3. The average Bonchev–Trinajstić information content (AvgIpc) is 2.73. The number of amides is 1. The van der Waals surface area contributed by atoms with E-state index in [1.165, 1.54) is 37.3 Å². The van der Waals surface area contributed by atoms with Gasteiger partial charge in [0.25, 0.3) is 11.8 Å². The van der Waals surface area contributed by atoms with Crippen molar-refractivity contribution in [2.45, 2.75) is 44.8 Å². The Hall–Kier alpha value is -1.55. The Morgan fingerprint density at radius 3 is 2.17 bits per heavy atom. The summed E-state index contributed by atoms with van der Waals surface area (Å²) in [6.07, 6.45) is -3.56. The van der Waals surface area contributed by atoms with Gasteiger partial charge in [0.1, 0.15) is 5.83 Å². The van der Waals surface area contributed by atoms with Crippen LogP contribution in [0, 0.1) is 6.92 Å². The molecule has 198 valence electrons. The molecule has 0 saturated carbocycles. The molecule has 36 heavy (non-hydrogen) atoms. The van der Waals surface area contributed by atoms with Crippen LogP contribution in [0.1, 0.15) is 46.8 Å². The predicted octanol–water partition coefficient (Wildman–Crippen LogP) is 9.12. The van der Waals surface area contributed by atoms with E-state index in [0.29, 0.717) is 24.2 Å². The van der Waals surface area contributed by atoms with Gasteiger partial charge >= 0.3 is 6.18 Å². The number of alkyl halides is 5. The SMILES string of the molecule is Cc1cc(/C(F)=C/C(c2cc(Cl)c(Cl)c(Cl)c2)C(C)(F)F)ccc1C(=O)N[C@H](C)CSCC(F)(F)F. The number of aryl methyl sites for hydroxylation is 1. The van der Waals surface area contributed by atoms with Crippen LogP contribution in [0.2, 0.25) is 15.1 Å². The number of benzene rings is 2. The van der Waals surface area contributed by atoms with Crippen LogP contribution >= 0.6 is 46.6 Å². The van der Waals surface area contributed by atoms with Crippen molar-refractivity contribution >= 4 is 58.3 Å². The van der Waals surface area contributed by atoms with Gasteiger partial charge in [-0.2, -0.15) is 24.9 Å². The smallest absolute Gasteiger partial charge is 0.349 e. The summed E-state index contributed by atoms with van der Waals surface area (Å²) in [6.45, 7) is 3.72. The van der Waals surface area contributed by atoms with Gasteiger partial charge < -0.3 is 5.32 Å². The van der Waals surface area contributed by atoms with Gasteiger partial charge in [-0.15, -0.1) is 0 Å². The Morgan fingerprint density at radius 2 is 1.67 bits per heavy atom. The fourth-order valence-electron chi connectivity index (χ4n) is 3.29. The van der Waals surface area contributed by atoms with Crippen molar-refractivity contribution in [2.24, 2.45) is 0 Å². The molecule has 1 unspecified atom stereocenters. The lowest BCUT2D eigenvalue weighted by Crippen LogP contribution is -2.35. The number of carbonyl (C=O) groups is 1. The van der Waals surface area contributed by atoms with Gasteiger partial charge in [-0.25, -0.2) is 13.2 Å². The molecule has 0 spiro atoms. The molecule has 0 saturated heterocycles. The molecular formula is C24H22Cl3F6NOS. The molecular weight excluding hydrogens is 571 g/mol. The minimum Gasteiger partial charge on any atom is -0.349 e. The third-order valence-corrected chi connectivity index (χ3v) is 7.45. The number of nitrogens with one attached hydrogen (secondary N) is 1. The van der Waals surface area contributed by atoms with Crippen molar-refractivity contribution in [3.63, 3.8) is 0 Å². The number of rotatable bonds is 9.